The van der Waals surface area contributed by atoms with E-state index in [4.69, 9.17) is 5.11 Å². The molecule has 0 aliphatic carbocycles. The van der Waals surface area contributed by atoms with Gasteiger partial charge in [-0.25, -0.2) is 4.79 Å². The maximum Gasteiger partial charge on any atom is 0.328 e. The van der Waals surface area contributed by atoms with Crippen molar-refractivity contribution in [3.8, 4) is 0 Å². The quantitative estimate of drug-likeness (QED) is 0.766. The Bertz CT molecular complexity index is 480. The molecule has 3 heteroatoms. The van der Waals surface area contributed by atoms with Gasteiger partial charge in [-0.05, 0) is 43.5 Å². The van der Waals surface area contributed by atoms with Crippen LogP contribution >= 0.6 is 0 Å². The van der Waals surface area contributed by atoms with Gasteiger partial charge in [0.15, 0.2) is 0 Å². The van der Waals surface area contributed by atoms with E-state index < -0.39 is 5.97 Å². The third-order valence-electron chi connectivity index (χ3n) is 3.54. The fourth-order valence-corrected chi connectivity index (χ4v) is 2.16. The fraction of sp³-hybridized carbons (Fsp3) is 0.471. The molecular formula is C17H25NO2. The maximum absolute atomic E-state index is 10.7. The first kappa shape index (κ1) is 16.3. The lowest BCUT2D eigenvalue weighted by molar-refractivity contribution is -0.131. The Morgan fingerprint density at radius 1 is 1.40 bits per heavy atom. The van der Waals surface area contributed by atoms with Crippen molar-refractivity contribution in [2.24, 2.45) is 5.92 Å². The summed E-state index contributed by atoms with van der Waals surface area (Å²) in [6.07, 6.45) is 4.03. The van der Waals surface area contributed by atoms with Gasteiger partial charge in [-0.2, -0.15) is 0 Å². The first-order valence-corrected chi connectivity index (χ1v) is 7.24. The predicted molar refractivity (Wildman–Crippen MR) is 85.2 cm³/mol. The second-order valence-electron chi connectivity index (χ2n) is 5.29. The summed E-state index contributed by atoms with van der Waals surface area (Å²) in [5, 5.41) is 8.81. The lowest BCUT2D eigenvalue weighted by atomic mass is 10.0. The van der Waals surface area contributed by atoms with E-state index in [1.807, 2.05) is 13.0 Å². The Morgan fingerprint density at radius 3 is 2.65 bits per heavy atom. The number of hydrogen-bond acceptors (Lipinski definition) is 2. The highest BCUT2D eigenvalue weighted by Crippen LogP contribution is 2.24. The number of aliphatic carboxylic acids is 1. The largest absolute Gasteiger partial charge is 0.478 e. The number of carboxylic acids is 1. The first-order chi connectivity index (χ1) is 9.47. The molecule has 0 aliphatic rings. The molecule has 1 aromatic rings. The monoisotopic (exact) mass is 275 g/mol. The van der Waals surface area contributed by atoms with Gasteiger partial charge in [-0.3, -0.25) is 0 Å². The van der Waals surface area contributed by atoms with E-state index in [1.54, 1.807) is 6.08 Å². The van der Waals surface area contributed by atoms with E-state index in [1.165, 1.54) is 6.08 Å². The summed E-state index contributed by atoms with van der Waals surface area (Å²) in [4.78, 5) is 13.0. The van der Waals surface area contributed by atoms with Gasteiger partial charge >= 0.3 is 5.97 Å². The lowest BCUT2D eigenvalue weighted by Crippen LogP contribution is -2.28. The third-order valence-corrected chi connectivity index (χ3v) is 3.54. The molecule has 0 amide bonds. The molecule has 0 saturated carbocycles. The molecule has 0 aromatic heterocycles. The van der Waals surface area contributed by atoms with E-state index in [-0.39, 0.29) is 0 Å². The summed E-state index contributed by atoms with van der Waals surface area (Å²) in [6, 6.07) is 6.20. The van der Waals surface area contributed by atoms with Crippen molar-refractivity contribution in [2.45, 2.75) is 34.1 Å². The molecule has 0 fully saturated rings. The molecule has 0 spiro atoms. The molecule has 1 atom stereocenters. The molecule has 1 N–H and O–H groups in total. The number of carboxylic acid groups (broad SMARTS) is 1. The number of aryl methyl sites for hydroxylation is 1. The molecule has 0 radical (unpaired) electrons. The second kappa shape index (κ2) is 7.73. The van der Waals surface area contributed by atoms with Crippen LogP contribution in [0, 0.1) is 12.8 Å². The smallest absolute Gasteiger partial charge is 0.328 e. The molecule has 3 nitrogen and oxygen atoms in total. The van der Waals surface area contributed by atoms with Gasteiger partial charge in [0, 0.05) is 24.9 Å². The number of carbonyl (C=O) groups is 1. The van der Waals surface area contributed by atoms with Crippen LogP contribution < -0.4 is 4.90 Å². The highest BCUT2D eigenvalue weighted by atomic mass is 16.4. The van der Waals surface area contributed by atoms with Gasteiger partial charge in [0.25, 0.3) is 0 Å². The summed E-state index contributed by atoms with van der Waals surface area (Å²) in [5.41, 5.74) is 3.21. The minimum atomic E-state index is -0.914. The van der Waals surface area contributed by atoms with Gasteiger partial charge < -0.3 is 10.0 Å². The molecule has 1 unspecified atom stereocenters. The highest BCUT2D eigenvalue weighted by Gasteiger charge is 2.11. The van der Waals surface area contributed by atoms with Crippen LogP contribution in [0.1, 0.15) is 38.3 Å². The summed E-state index contributed by atoms with van der Waals surface area (Å²) in [7, 11) is 0. The zero-order valence-corrected chi connectivity index (χ0v) is 12.9. The van der Waals surface area contributed by atoms with Crippen molar-refractivity contribution in [3.63, 3.8) is 0 Å². The van der Waals surface area contributed by atoms with Crippen molar-refractivity contribution in [2.75, 3.05) is 18.0 Å². The standard InChI is InChI=1S/C17H25NO2/c1-5-13(3)12-18(6-2)16-9-7-14(4)11-15(16)8-10-17(19)20/h7-11,13H,5-6,12H2,1-4H3,(H,19,20)/b10-8+. The van der Waals surface area contributed by atoms with E-state index in [9.17, 15) is 4.79 Å². The summed E-state index contributed by atoms with van der Waals surface area (Å²) < 4.78 is 0. The minimum absolute atomic E-state index is 0.618. The van der Waals surface area contributed by atoms with Gasteiger partial charge in [0.05, 0.1) is 0 Å². The lowest BCUT2D eigenvalue weighted by Gasteiger charge is -2.28. The van der Waals surface area contributed by atoms with Gasteiger partial charge in [0.1, 0.15) is 0 Å². The van der Waals surface area contributed by atoms with Gasteiger partial charge in [-0.15, -0.1) is 0 Å². The minimum Gasteiger partial charge on any atom is -0.478 e. The van der Waals surface area contributed by atoms with Crippen LogP contribution in [0.15, 0.2) is 24.3 Å². The Balaban J connectivity index is 3.10. The average Bonchev–Trinajstić information content (AvgIpc) is 2.42. The third kappa shape index (κ3) is 4.72. The number of nitrogens with zero attached hydrogens (tertiary/aromatic N) is 1. The molecule has 0 heterocycles. The average molecular weight is 275 g/mol. The zero-order valence-electron chi connectivity index (χ0n) is 12.9. The number of hydrogen-bond donors (Lipinski definition) is 1. The molecule has 0 aliphatic heterocycles. The Morgan fingerprint density at radius 2 is 2.10 bits per heavy atom. The Labute approximate surface area is 121 Å². The van der Waals surface area contributed by atoms with Crippen LogP contribution in [0.25, 0.3) is 6.08 Å². The van der Waals surface area contributed by atoms with Crippen LogP contribution in [0.2, 0.25) is 0 Å². The molecule has 20 heavy (non-hydrogen) atoms. The Hall–Kier alpha value is -1.77. The summed E-state index contributed by atoms with van der Waals surface area (Å²) >= 11 is 0. The highest BCUT2D eigenvalue weighted by molar-refractivity contribution is 5.87. The van der Waals surface area contributed by atoms with E-state index in [0.717, 1.165) is 36.3 Å². The van der Waals surface area contributed by atoms with Gasteiger partial charge in [0.2, 0.25) is 0 Å². The van der Waals surface area contributed by atoms with E-state index >= 15 is 0 Å². The number of anilines is 1. The Kier molecular flexibility index (Phi) is 6.29. The molecule has 110 valence electrons. The number of rotatable bonds is 7. The van der Waals surface area contributed by atoms with Crippen LogP contribution in [0.3, 0.4) is 0 Å². The van der Waals surface area contributed by atoms with Gasteiger partial charge in [-0.1, -0.05) is 31.9 Å². The predicted octanol–water partition coefficient (Wildman–Crippen LogP) is 3.97. The molecule has 0 bridgehead atoms. The maximum atomic E-state index is 10.7. The molecule has 0 saturated heterocycles. The second-order valence-corrected chi connectivity index (χ2v) is 5.29. The fourth-order valence-electron chi connectivity index (χ4n) is 2.16. The topological polar surface area (TPSA) is 40.5 Å². The van der Waals surface area contributed by atoms with Crippen LogP contribution in [-0.2, 0) is 4.79 Å². The van der Waals surface area contributed by atoms with Crippen LogP contribution in [0.5, 0.6) is 0 Å². The van der Waals surface area contributed by atoms with E-state index in [0.29, 0.717) is 5.92 Å². The number of benzene rings is 1. The van der Waals surface area contributed by atoms with Crippen LogP contribution in [0.4, 0.5) is 5.69 Å². The first-order valence-electron chi connectivity index (χ1n) is 7.24. The van der Waals surface area contributed by atoms with Crippen molar-refractivity contribution < 1.29 is 9.90 Å². The summed E-state index contributed by atoms with van der Waals surface area (Å²) in [5.74, 6) is -0.296. The van der Waals surface area contributed by atoms with Crippen molar-refractivity contribution in [1.82, 2.24) is 0 Å². The molecular weight excluding hydrogens is 250 g/mol. The van der Waals surface area contributed by atoms with Crippen LogP contribution in [-0.4, -0.2) is 24.2 Å². The zero-order chi connectivity index (χ0) is 15.1. The summed E-state index contributed by atoms with van der Waals surface area (Å²) in [6.45, 7) is 10.5. The molecule has 1 rings (SSSR count). The normalized spacial score (nSPS) is 12.6. The van der Waals surface area contributed by atoms with Crippen molar-refractivity contribution in [3.05, 3.63) is 35.4 Å². The van der Waals surface area contributed by atoms with Crippen molar-refractivity contribution >= 4 is 17.7 Å². The van der Waals surface area contributed by atoms with Crippen molar-refractivity contribution in [1.29, 1.82) is 0 Å². The molecule has 1 aromatic carbocycles. The van der Waals surface area contributed by atoms with E-state index in [2.05, 4.69) is 37.8 Å². The SMILES string of the molecule is CCC(C)CN(CC)c1ccc(C)cc1/C=C/C(=O)O.